The Labute approximate surface area is 131 Å². The van der Waals surface area contributed by atoms with Crippen molar-refractivity contribution in [1.29, 1.82) is 0 Å². The van der Waals surface area contributed by atoms with E-state index < -0.39 is 11.0 Å². The molecule has 8 nitrogen and oxygen atoms in total. The summed E-state index contributed by atoms with van der Waals surface area (Å²) in [6.45, 7) is 1.53. The van der Waals surface area contributed by atoms with Gasteiger partial charge in [0.1, 0.15) is 0 Å². The van der Waals surface area contributed by atoms with E-state index >= 15 is 0 Å². The molecule has 1 amide bonds. The molecule has 0 heterocycles. The number of hydrogen-bond donors (Lipinski definition) is 4. The number of carbonyl (C=O) groups is 1. The van der Waals surface area contributed by atoms with E-state index in [4.69, 9.17) is 21.4 Å². The summed E-state index contributed by atoms with van der Waals surface area (Å²) in [7, 11) is 3.58. The molecule has 120 valence electrons. The van der Waals surface area contributed by atoms with Gasteiger partial charge in [0.25, 0.3) is 5.69 Å². The third-order valence-electron chi connectivity index (χ3n) is 1.45. The predicted octanol–water partition coefficient (Wildman–Crippen LogP) is 1.50. The van der Waals surface area contributed by atoms with E-state index in [0.717, 1.165) is 24.6 Å². The Hall–Kier alpha value is -1.49. The smallest absolute Gasteiger partial charge is 0.402 e. The number of nitrogens with zero attached hydrogens (tertiary/aromatic N) is 1. The standard InChI is InChI=1S/C6H5NO2.C4H12N2S2.CH3NO2/c8-7(9)6-4-2-1-3-5-6;5-1-3-7-8-4-2-6;2-1(3)4/h1-5H;1-6H2;2H2,(H,3,4). The summed E-state index contributed by atoms with van der Waals surface area (Å²) in [4.78, 5) is 18.4. The molecule has 0 saturated heterocycles. The molecule has 0 aliphatic carbocycles. The second kappa shape index (κ2) is 16.6. The average molecular weight is 336 g/mol. The van der Waals surface area contributed by atoms with Gasteiger partial charge < -0.3 is 22.3 Å². The van der Waals surface area contributed by atoms with Gasteiger partial charge in [-0.1, -0.05) is 39.8 Å². The van der Waals surface area contributed by atoms with Gasteiger partial charge in [-0.05, 0) is 0 Å². The fourth-order valence-corrected chi connectivity index (χ4v) is 2.48. The zero-order valence-corrected chi connectivity index (χ0v) is 13.0. The minimum atomic E-state index is -1.33. The Morgan fingerprint density at radius 2 is 1.52 bits per heavy atom. The topological polar surface area (TPSA) is 158 Å². The summed E-state index contributed by atoms with van der Waals surface area (Å²) in [5.41, 5.74) is 14.7. The number of nitro benzene ring substituents is 1. The first-order valence-corrected chi connectivity index (χ1v) is 8.26. The van der Waals surface area contributed by atoms with Gasteiger partial charge >= 0.3 is 6.09 Å². The maximum Gasteiger partial charge on any atom is 0.402 e. The summed E-state index contributed by atoms with van der Waals surface area (Å²) in [6.07, 6.45) is -1.33. The predicted molar refractivity (Wildman–Crippen MR) is 88.3 cm³/mol. The SMILES string of the molecule is NC(=O)O.NCCSSCCN.O=[N+]([O-])c1ccccc1. The van der Waals surface area contributed by atoms with Crippen molar-refractivity contribution in [3.63, 3.8) is 0 Å². The van der Waals surface area contributed by atoms with Crippen molar-refractivity contribution in [2.24, 2.45) is 17.2 Å². The van der Waals surface area contributed by atoms with Crippen molar-refractivity contribution < 1.29 is 14.8 Å². The minimum Gasteiger partial charge on any atom is -0.465 e. The Balaban J connectivity index is 0. The van der Waals surface area contributed by atoms with Gasteiger partial charge in [0, 0.05) is 36.7 Å². The molecule has 0 spiro atoms. The highest BCUT2D eigenvalue weighted by molar-refractivity contribution is 8.76. The molecule has 1 aromatic rings. The molecule has 0 bridgehead atoms. The lowest BCUT2D eigenvalue weighted by Crippen LogP contribution is -2.03. The van der Waals surface area contributed by atoms with Gasteiger partial charge in [0.05, 0.1) is 4.92 Å². The van der Waals surface area contributed by atoms with Crippen LogP contribution in [0.4, 0.5) is 10.5 Å². The molecule has 0 aliphatic rings. The molecule has 0 aromatic heterocycles. The highest BCUT2D eigenvalue weighted by atomic mass is 33.1. The number of benzene rings is 1. The fraction of sp³-hybridized carbons (Fsp3) is 0.364. The van der Waals surface area contributed by atoms with E-state index in [9.17, 15) is 10.1 Å². The molecule has 7 N–H and O–H groups in total. The van der Waals surface area contributed by atoms with E-state index in [1.54, 1.807) is 39.8 Å². The maximum absolute atomic E-state index is 10.0. The first kappa shape index (κ1) is 21.8. The Bertz CT molecular complexity index is 372. The number of nitrogens with two attached hydrogens (primary N) is 3. The number of carboxylic acid groups (broad SMARTS) is 1. The Kier molecular flexibility index (Phi) is 17.2. The van der Waals surface area contributed by atoms with Crippen LogP contribution in [0.1, 0.15) is 0 Å². The first-order chi connectivity index (χ1) is 9.95. The van der Waals surface area contributed by atoms with Crippen molar-refractivity contribution >= 4 is 33.4 Å². The van der Waals surface area contributed by atoms with Crippen LogP contribution < -0.4 is 17.2 Å². The lowest BCUT2D eigenvalue weighted by Gasteiger charge is -1.93. The van der Waals surface area contributed by atoms with Crippen molar-refractivity contribution in [3.05, 3.63) is 40.4 Å². The normalized spacial score (nSPS) is 8.67. The number of para-hydroxylation sites is 1. The summed E-state index contributed by atoms with van der Waals surface area (Å²) in [5, 5.41) is 17.2. The van der Waals surface area contributed by atoms with Crippen LogP contribution in [0.3, 0.4) is 0 Å². The molecular formula is C11H20N4O4S2. The molecule has 0 atom stereocenters. The van der Waals surface area contributed by atoms with Gasteiger partial charge in [-0.2, -0.15) is 0 Å². The monoisotopic (exact) mass is 336 g/mol. The number of amides is 1. The average Bonchev–Trinajstić information content (AvgIpc) is 2.45. The van der Waals surface area contributed by atoms with Crippen LogP contribution in [0.2, 0.25) is 0 Å². The summed E-state index contributed by atoms with van der Waals surface area (Å²) in [5.74, 6) is 2.06. The largest absolute Gasteiger partial charge is 0.465 e. The van der Waals surface area contributed by atoms with Crippen molar-refractivity contribution in [3.8, 4) is 0 Å². The van der Waals surface area contributed by atoms with Crippen LogP contribution in [0, 0.1) is 10.1 Å². The lowest BCUT2D eigenvalue weighted by molar-refractivity contribution is -0.384. The van der Waals surface area contributed by atoms with E-state index in [1.165, 1.54) is 12.1 Å². The van der Waals surface area contributed by atoms with Crippen LogP contribution in [0.25, 0.3) is 0 Å². The number of nitro groups is 1. The highest BCUT2D eigenvalue weighted by Crippen LogP contribution is 2.18. The molecule has 1 aromatic carbocycles. The molecule has 10 heteroatoms. The Morgan fingerprint density at radius 1 is 1.14 bits per heavy atom. The third kappa shape index (κ3) is 21.0. The van der Waals surface area contributed by atoms with Crippen LogP contribution >= 0.6 is 21.6 Å². The first-order valence-electron chi connectivity index (χ1n) is 5.78. The zero-order chi connectivity index (χ0) is 16.5. The van der Waals surface area contributed by atoms with Gasteiger partial charge in [-0.3, -0.25) is 10.1 Å². The molecule has 0 fully saturated rings. The number of primary amides is 1. The molecule has 0 unspecified atom stereocenters. The Morgan fingerprint density at radius 3 is 1.76 bits per heavy atom. The quantitative estimate of drug-likeness (QED) is 0.263. The van der Waals surface area contributed by atoms with Crippen molar-refractivity contribution in [2.75, 3.05) is 24.6 Å². The van der Waals surface area contributed by atoms with E-state index in [0.29, 0.717) is 0 Å². The molecular weight excluding hydrogens is 316 g/mol. The van der Waals surface area contributed by atoms with Crippen LogP contribution in [0.5, 0.6) is 0 Å². The second-order valence-electron chi connectivity index (χ2n) is 3.15. The summed E-state index contributed by atoms with van der Waals surface area (Å²) in [6, 6.07) is 7.93. The van der Waals surface area contributed by atoms with Crippen LogP contribution in [0.15, 0.2) is 30.3 Å². The third-order valence-corrected chi connectivity index (χ3v) is 3.92. The number of non-ortho nitro benzene ring substituents is 1. The summed E-state index contributed by atoms with van der Waals surface area (Å²) < 4.78 is 0. The van der Waals surface area contributed by atoms with Crippen molar-refractivity contribution in [2.45, 2.75) is 0 Å². The van der Waals surface area contributed by atoms with Gasteiger partial charge in [-0.25, -0.2) is 4.79 Å². The van der Waals surface area contributed by atoms with E-state index in [-0.39, 0.29) is 5.69 Å². The van der Waals surface area contributed by atoms with Crippen molar-refractivity contribution in [1.82, 2.24) is 0 Å². The van der Waals surface area contributed by atoms with Crippen LogP contribution in [-0.2, 0) is 0 Å². The number of rotatable bonds is 6. The highest BCUT2D eigenvalue weighted by Gasteiger charge is 1.98. The minimum absolute atomic E-state index is 0.137. The summed E-state index contributed by atoms with van der Waals surface area (Å²) >= 11 is 0. The van der Waals surface area contributed by atoms with Gasteiger partial charge in [-0.15, -0.1) is 0 Å². The molecule has 1 rings (SSSR count). The van der Waals surface area contributed by atoms with Gasteiger partial charge in [0.15, 0.2) is 0 Å². The molecule has 0 radical (unpaired) electrons. The fourth-order valence-electron chi connectivity index (χ4n) is 0.764. The molecule has 0 saturated carbocycles. The molecule has 21 heavy (non-hydrogen) atoms. The second-order valence-corrected chi connectivity index (χ2v) is 5.85. The van der Waals surface area contributed by atoms with E-state index in [1.807, 2.05) is 0 Å². The van der Waals surface area contributed by atoms with Crippen LogP contribution in [-0.4, -0.2) is 40.7 Å². The lowest BCUT2D eigenvalue weighted by atomic mass is 10.3. The number of hydrogen-bond acceptors (Lipinski definition) is 7. The van der Waals surface area contributed by atoms with E-state index in [2.05, 4.69) is 5.73 Å². The molecule has 0 aliphatic heterocycles. The maximum atomic E-state index is 10.0. The zero-order valence-electron chi connectivity index (χ0n) is 11.4. The van der Waals surface area contributed by atoms with Gasteiger partial charge in [0.2, 0.25) is 0 Å².